The number of rotatable bonds is 6. The van der Waals surface area contributed by atoms with Crippen LogP contribution in [0.15, 0.2) is 77.4 Å². The van der Waals surface area contributed by atoms with E-state index in [1.807, 2.05) is 0 Å². The van der Waals surface area contributed by atoms with Gasteiger partial charge in [0.25, 0.3) is 5.69 Å². The summed E-state index contributed by atoms with van der Waals surface area (Å²) in [5, 5.41) is 11.3. The molecule has 0 N–H and O–H groups in total. The van der Waals surface area contributed by atoms with E-state index in [0.717, 1.165) is 6.07 Å². The Bertz CT molecular complexity index is 1360. The fourth-order valence-electron chi connectivity index (χ4n) is 3.07. The largest absolute Gasteiger partial charge is 0.496 e. The van der Waals surface area contributed by atoms with Gasteiger partial charge in [-0.15, -0.1) is 0 Å². The number of hydrogen-bond donors (Lipinski definition) is 0. The molecule has 1 aliphatic heterocycles. The van der Waals surface area contributed by atoms with Crippen molar-refractivity contribution >= 4 is 41.2 Å². The van der Waals surface area contributed by atoms with Crippen molar-refractivity contribution in [3.63, 3.8) is 0 Å². The number of benzene rings is 3. The smallest absolute Gasteiger partial charge is 0.363 e. The molecule has 0 saturated heterocycles. The lowest BCUT2D eigenvalue weighted by molar-refractivity contribution is -0.384. The first kappa shape index (κ1) is 22.7. The minimum absolute atomic E-state index is 0.0485. The Hall–Kier alpha value is -4.50. The van der Waals surface area contributed by atoms with E-state index < -0.39 is 16.9 Å². The second-order valence-corrected chi connectivity index (χ2v) is 7.38. The van der Waals surface area contributed by atoms with Crippen LogP contribution in [-0.2, 0) is 9.53 Å². The second kappa shape index (κ2) is 9.55. The van der Waals surface area contributed by atoms with Crippen LogP contribution in [0.1, 0.15) is 21.5 Å². The Morgan fingerprint density at radius 1 is 1.12 bits per heavy atom. The highest BCUT2D eigenvalue weighted by Gasteiger charge is 2.26. The monoisotopic (exact) mass is 478 g/mol. The van der Waals surface area contributed by atoms with Gasteiger partial charge in [-0.2, -0.15) is 0 Å². The molecule has 0 fully saturated rings. The molecule has 10 heteroatoms. The van der Waals surface area contributed by atoms with Crippen LogP contribution in [0.25, 0.3) is 6.08 Å². The standard InChI is InChI=1S/C24H15ClN2O7/c1-32-21-10-7-16(25)13-19(21)22-26-20(24(29)34-22)11-14-5-8-18(9-6-14)33-23(28)15-3-2-4-17(12-15)27(30)31/h2-13H,1H3/b20-11-. The summed E-state index contributed by atoms with van der Waals surface area (Å²) in [6, 6.07) is 16.4. The minimum atomic E-state index is -0.737. The average Bonchev–Trinajstić information content (AvgIpc) is 3.20. The molecule has 34 heavy (non-hydrogen) atoms. The molecule has 0 aromatic heterocycles. The van der Waals surface area contributed by atoms with Crippen LogP contribution in [0, 0.1) is 10.1 Å². The number of esters is 2. The summed E-state index contributed by atoms with van der Waals surface area (Å²) < 4.78 is 15.8. The quantitative estimate of drug-likeness (QED) is 0.164. The third-order valence-corrected chi connectivity index (χ3v) is 4.93. The number of ether oxygens (including phenoxy) is 3. The van der Waals surface area contributed by atoms with Gasteiger partial charge in [0.2, 0.25) is 5.90 Å². The number of methoxy groups -OCH3 is 1. The number of hydrogen-bond acceptors (Lipinski definition) is 8. The molecule has 4 rings (SSSR count). The number of carbonyl (C=O) groups excluding carboxylic acids is 2. The molecular formula is C24H15ClN2O7. The number of nitro groups is 1. The fourth-order valence-corrected chi connectivity index (χ4v) is 3.25. The van der Waals surface area contributed by atoms with E-state index >= 15 is 0 Å². The van der Waals surface area contributed by atoms with Crippen LogP contribution in [0.3, 0.4) is 0 Å². The van der Waals surface area contributed by atoms with Crippen LogP contribution in [0.5, 0.6) is 11.5 Å². The normalized spacial score (nSPS) is 13.9. The Kier molecular flexibility index (Phi) is 6.37. The summed E-state index contributed by atoms with van der Waals surface area (Å²) in [6.45, 7) is 0. The summed E-state index contributed by atoms with van der Waals surface area (Å²) >= 11 is 6.03. The van der Waals surface area contributed by atoms with Gasteiger partial charge >= 0.3 is 11.9 Å². The summed E-state index contributed by atoms with van der Waals surface area (Å²) in [6.07, 6.45) is 1.51. The highest BCUT2D eigenvalue weighted by Crippen LogP contribution is 2.28. The summed E-state index contributed by atoms with van der Waals surface area (Å²) in [4.78, 5) is 39.1. The van der Waals surface area contributed by atoms with Crippen molar-refractivity contribution < 1.29 is 28.7 Å². The van der Waals surface area contributed by atoms with Gasteiger partial charge in [0.1, 0.15) is 11.5 Å². The number of non-ortho nitro benzene ring substituents is 1. The van der Waals surface area contributed by atoms with Crippen molar-refractivity contribution in [2.24, 2.45) is 4.99 Å². The lowest BCUT2D eigenvalue weighted by Gasteiger charge is -2.07. The van der Waals surface area contributed by atoms with Crippen LogP contribution in [0.2, 0.25) is 5.02 Å². The van der Waals surface area contributed by atoms with Crippen molar-refractivity contribution in [3.05, 3.63) is 104 Å². The zero-order valence-electron chi connectivity index (χ0n) is 17.6. The van der Waals surface area contributed by atoms with E-state index in [1.54, 1.807) is 30.3 Å². The number of cyclic esters (lactones) is 1. The second-order valence-electron chi connectivity index (χ2n) is 6.95. The number of nitro benzene ring substituents is 1. The van der Waals surface area contributed by atoms with E-state index in [-0.39, 0.29) is 28.6 Å². The Morgan fingerprint density at radius 3 is 2.59 bits per heavy atom. The van der Waals surface area contributed by atoms with E-state index in [4.69, 9.17) is 25.8 Å². The lowest BCUT2D eigenvalue weighted by Crippen LogP contribution is -2.08. The Balaban J connectivity index is 1.51. The molecule has 170 valence electrons. The number of nitrogens with zero attached hydrogens (tertiary/aromatic N) is 2. The molecule has 9 nitrogen and oxygen atoms in total. The zero-order chi connectivity index (χ0) is 24.2. The maximum atomic E-state index is 12.3. The van der Waals surface area contributed by atoms with Gasteiger partial charge in [-0.1, -0.05) is 29.8 Å². The van der Waals surface area contributed by atoms with Crippen molar-refractivity contribution in [3.8, 4) is 11.5 Å². The molecule has 0 atom stereocenters. The van der Waals surface area contributed by atoms with Crippen molar-refractivity contribution in [2.45, 2.75) is 0 Å². The SMILES string of the molecule is COc1ccc(Cl)cc1C1=N/C(=C\c2ccc(OC(=O)c3cccc([N+](=O)[O-])c3)cc2)C(=O)O1. The predicted octanol–water partition coefficient (Wildman–Crippen LogP) is 4.82. The molecular weight excluding hydrogens is 464 g/mol. The summed E-state index contributed by atoms with van der Waals surface area (Å²) in [5.74, 6) is -0.636. The van der Waals surface area contributed by atoms with E-state index in [0.29, 0.717) is 21.9 Å². The molecule has 1 heterocycles. The molecule has 0 spiro atoms. The Morgan fingerprint density at radius 2 is 1.88 bits per heavy atom. The molecule has 0 amide bonds. The topological polar surface area (TPSA) is 117 Å². The lowest BCUT2D eigenvalue weighted by atomic mass is 10.2. The highest BCUT2D eigenvalue weighted by molar-refractivity contribution is 6.31. The number of aliphatic imine (C=N–C) groups is 1. The maximum Gasteiger partial charge on any atom is 0.363 e. The molecule has 1 aliphatic rings. The number of halogens is 1. The van der Waals surface area contributed by atoms with Gasteiger partial charge in [-0.3, -0.25) is 10.1 Å². The summed E-state index contributed by atoms with van der Waals surface area (Å²) in [7, 11) is 1.48. The first-order valence-corrected chi connectivity index (χ1v) is 10.1. The first-order valence-electron chi connectivity index (χ1n) is 9.77. The fraction of sp³-hybridized carbons (Fsp3) is 0.0417. The van der Waals surface area contributed by atoms with Crippen molar-refractivity contribution in [1.82, 2.24) is 0 Å². The molecule has 3 aromatic rings. The molecule has 0 aliphatic carbocycles. The van der Waals surface area contributed by atoms with E-state index in [1.165, 1.54) is 43.5 Å². The van der Waals surface area contributed by atoms with Crippen molar-refractivity contribution in [2.75, 3.05) is 7.11 Å². The van der Waals surface area contributed by atoms with Gasteiger partial charge in [-0.05, 0) is 48.0 Å². The molecule has 0 radical (unpaired) electrons. The van der Waals surface area contributed by atoms with Gasteiger partial charge in [0, 0.05) is 17.2 Å². The van der Waals surface area contributed by atoms with E-state index in [9.17, 15) is 19.7 Å². The van der Waals surface area contributed by atoms with Crippen LogP contribution >= 0.6 is 11.6 Å². The summed E-state index contributed by atoms with van der Waals surface area (Å²) in [5.41, 5.74) is 0.946. The van der Waals surface area contributed by atoms with Gasteiger partial charge in [0.15, 0.2) is 5.70 Å². The zero-order valence-corrected chi connectivity index (χ0v) is 18.3. The predicted molar refractivity (Wildman–Crippen MR) is 123 cm³/mol. The van der Waals surface area contributed by atoms with Crippen LogP contribution in [0.4, 0.5) is 5.69 Å². The first-order chi connectivity index (χ1) is 16.3. The van der Waals surface area contributed by atoms with Crippen LogP contribution in [-0.4, -0.2) is 29.9 Å². The third kappa shape index (κ3) is 4.94. The van der Waals surface area contributed by atoms with Gasteiger partial charge < -0.3 is 14.2 Å². The van der Waals surface area contributed by atoms with E-state index in [2.05, 4.69) is 4.99 Å². The molecule has 3 aromatic carbocycles. The Labute approximate surface area is 198 Å². The minimum Gasteiger partial charge on any atom is -0.496 e. The molecule has 0 bridgehead atoms. The molecule has 0 saturated carbocycles. The third-order valence-electron chi connectivity index (χ3n) is 4.70. The van der Waals surface area contributed by atoms with Crippen molar-refractivity contribution in [1.29, 1.82) is 0 Å². The average molecular weight is 479 g/mol. The maximum absolute atomic E-state index is 12.3. The highest BCUT2D eigenvalue weighted by atomic mass is 35.5. The van der Waals surface area contributed by atoms with Gasteiger partial charge in [0.05, 0.1) is 23.2 Å². The number of carbonyl (C=O) groups is 2. The van der Waals surface area contributed by atoms with Gasteiger partial charge in [-0.25, -0.2) is 14.6 Å². The molecule has 0 unspecified atom stereocenters. The van der Waals surface area contributed by atoms with Crippen LogP contribution < -0.4 is 9.47 Å².